The molecule has 2 rings (SSSR count). The average Bonchev–Trinajstić information content (AvgIpc) is 2.55. The first-order chi connectivity index (χ1) is 11.0. The number of hydrogen-bond acceptors (Lipinski definition) is 3. The van der Waals surface area contributed by atoms with Gasteiger partial charge in [0, 0.05) is 12.1 Å². The zero-order chi connectivity index (χ0) is 16.8. The number of aliphatic hydroxyl groups is 2. The Hall–Kier alpha value is -2.51. The van der Waals surface area contributed by atoms with Crippen molar-refractivity contribution in [1.29, 1.82) is 0 Å². The van der Waals surface area contributed by atoms with Crippen molar-refractivity contribution in [2.75, 3.05) is 18.5 Å². The second kappa shape index (κ2) is 7.66. The molecule has 2 aromatic carbocycles. The van der Waals surface area contributed by atoms with E-state index in [1.807, 2.05) is 0 Å². The fourth-order valence-corrected chi connectivity index (χ4v) is 1.94. The first-order valence-electron chi connectivity index (χ1n) is 6.89. The fraction of sp³-hybridized carbons (Fsp3) is 0.188. The summed E-state index contributed by atoms with van der Waals surface area (Å²) in [6.07, 6.45) is -1.06. The molecule has 4 N–H and O–H groups in total. The number of nitrogens with one attached hydrogen (secondary N) is 2. The van der Waals surface area contributed by atoms with Gasteiger partial charge < -0.3 is 20.8 Å². The van der Waals surface area contributed by atoms with Crippen LogP contribution in [0.2, 0.25) is 0 Å². The Labute approximate surface area is 131 Å². The van der Waals surface area contributed by atoms with Crippen LogP contribution in [0.5, 0.6) is 0 Å². The summed E-state index contributed by atoms with van der Waals surface area (Å²) < 4.78 is 26.5. The van der Waals surface area contributed by atoms with Crippen LogP contribution in [0, 0.1) is 11.6 Å². The monoisotopic (exact) mass is 322 g/mol. The number of halogens is 2. The molecule has 0 heterocycles. The lowest BCUT2D eigenvalue weighted by molar-refractivity contribution is 0.0965. The van der Waals surface area contributed by atoms with E-state index in [2.05, 4.69) is 10.6 Å². The van der Waals surface area contributed by atoms with Gasteiger partial charge in [-0.05, 0) is 35.9 Å². The van der Waals surface area contributed by atoms with Crippen molar-refractivity contribution in [3.05, 3.63) is 54.1 Å². The molecule has 0 aliphatic heterocycles. The summed E-state index contributed by atoms with van der Waals surface area (Å²) in [5.41, 5.74) is 1.26. The number of carbonyl (C=O) groups excluding carboxylic acids is 1. The minimum atomic E-state index is -1.06. The van der Waals surface area contributed by atoms with Gasteiger partial charge in [0.15, 0.2) is 0 Å². The molecule has 7 heteroatoms. The molecule has 0 aliphatic rings. The lowest BCUT2D eigenvalue weighted by Gasteiger charge is -2.14. The molecule has 23 heavy (non-hydrogen) atoms. The number of amides is 2. The van der Waals surface area contributed by atoms with E-state index in [1.165, 1.54) is 42.5 Å². The Bertz CT molecular complexity index is 678. The first kappa shape index (κ1) is 16.9. The van der Waals surface area contributed by atoms with Gasteiger partial charge in [-0.1, -0.05) is 12.1 Å². The van der Waals surface area contributed by atoms with Crippen molar-refractivity contribution in [3.8, 4) is 11.1 Å². The highest BCUT2D eigenvalue weighted by molar-refractivity contribution is 5.94. The highest BCUT2D eigenvalue weighted by Gasteiger charge is 2.11. The molecule has 5 nitrogen and oxygen atoms in total. The van der Waals surface area contributed by atoms with E-state index >= 15 is 0 Å². The third kappa shape index (κ3) is 4.73. The van der Waals surface area contributed by atoms with Gasteiger partial charge in [0.25, 0.3) is 0 Å². The maximum atomic E-state index is 13.5. The number of anilines is 1. The highest BCUT2D eigenvalue weighted by Crippen LogP contribution is 2.29. The predicted octanol–water partition coefficient (Wildman–Crippen LogP) is 2.11. The Morgan fingerprint density at radius 2 is 1.74 bits per heavy atom. The van der Waals surface area contributed by atoms with Gasteiger partial charge in [0.2, 0.25) is 0 Å². The van der Waals surface area contributed by atoms with Gasteiger partial charge in [0.05, 0.1) is 18.4 Å². The summed E-state index contributed by atoms with van der Waals surface area (Å²) in [7, 11) is 0. The molecule has 1 unspecified atom stereocenters. The Morgan fingerprint density at radius 1 is 1.09 bits per heavy atom. The molecule has 1 atom stereocenters. The first-order valence-corrected chi connectivity index (χ1v) is 6.89. The maximum Gasteiger partial charge on any atom is 0.319 e. The quantitative estimate of drug-likeness (QED) is 0.680. The molecule has 0 radical (unpaired) electrons. The average molecular weight is 322 g/mol. The number of urea groups is 1. The van der Waals surface area contributed by atoms with Crippen LogP contribution in [0.25, 0.3) is 11.1 Å². The molecule has 0 fully saturated rings. The van der Waals surface area contributed by atoms with Gasteiger partial charge in [-0.3, -0.25) is 0 Å². The Balaban J connectivity index is 2.19. The topological polar surface area (TPSA) is 81.6 Å². The van der Waals surface area contributed by atoms with Gasteiger partial charge in [0.1, 0.15) is 11.6 Å². The lowest BCUT2D eigenvalue weighted by atomic mass is 10.0. The van der Waals surface area contributed by atoms with Crippen LogP contribution in [-0.4, -0.2) is 35.5 Å². The van der Waals surface area contributed by atoms with Crippen molar-refractivity contribution >= 4 is 11.7 Å². The summed E-state index contributed by atoms with van der Waals surface area (Å²) in [6, 6.07) is 8.61. The van der Waals surface area contributed by atoms with E-state index in [-0.39, 0.29) is 6.54 Å². The van der Waals surface area contributed by atoms with Crippen molar-refractivity contribution in [2.24, 2.45) is 0 Å². The van der Waals surface area contributed by atoms with Crippen molar-refractivity contribution in [3.63, 3.8) is 0 Å². The van der Waals surface area contributed by atoms with Crippen LogP contribution < -0.4 is 10.6 Å². The summed E-state index contributed by atoms with van der Waals surface area (Å²) in [4.78, 5) is 11.8. The second-order valence-corrected chi connectivity index (χ2v) is 4.87. The summed E-state index contributed by atoms with van der Waals surface area (Å²) in [6.45, 7) is -0.604. The fourth-order valence-electron chi connectivity index (χ4n) is 1.94. The van der Waals surface area contributed by atoms with E-state index < -0.39 is 30.4 Å². The number of hydrogen-bond donors (Lipinski definition) is 4. The standard InChI is InChI=1S/C16H16F2N2O3/c17-11-3-1-10(2-4-11)14-7-12(18)5-6-15(14)20-16(23)19-8-13(22)9-21/h1-7,13,21-22H,8-9H2,(H2,19,20,23). The molecule has 0 spiro atoms. The molecular formula is C16H16F2N2O3. The molecule has 2 aromatic rings. The molecule has 0 saturated heterocycles. The third-order valence-corrected chi connectivity index (χ3v) is 3.09. The summed E-state index contributed by atoms with van der Waals surface area (Å²) in [5.74, 6) is -0.915. The van der Waals surface area contributed by atoms with Gasteiger partial charge in [-0.15, -0.1) is 0 Å². The summed E-state index contributed by atoms with van der Waals surface area (Å²) >= 11 is 0. The third-order valence-electron chi connectivity index (χ3n) is 3.09. The van der Waals surface area contributed by atoms with Crippen LogP contribution in [0.1, 0.15) is 0 Å². The van der Waals surface area contributed by atoms with Crippen LogP contribution in [0.15, 0.2) is 42.5 Å². The minimum absolute atomic E-state index is 0.130. The number of aliphatic hydroxyl groups excluding tert-OH is 2. The maximum absolute atomic E-state index is 13.5. The molecule has 0 saturated carbocycles. The molecule has 122 valence electrons. The van der Waals surface area contributed by atoms with Crippen molar-refractivity contribution in [2.45, 2.75) is 6.10 Å². The number of rotatable bonds is 5. The van der Waals surface area contributed by atoms with Crippen LogP contribution in [-0.2, 0) is 0 Å². The number of benzene rings is 2. The van der Waals surface area contributed by atoms with Crippen molar-refractivity contribution < 1.29 is 23.8 Å². The van der Waals surface area contributed by atoms with E-state index in [0.717, 1.165) is 0 Å². The molecule has 0 bridgehead atoms. The van der Waals surface area contributed by atoms with E-state index in [1.54, 1.807) is 0 Å². The number of carbonyl (C=O) groups is 1. The van der Waals surface area contributed by atoms with E-state index in [9.17, 15) is 18.7 Å². The van der Waals surface area contributed by atoms with Gasteiger partial charge in [-0.2, -0.15) is 0 Å². The van der Waals surface area contributed by atoms with Gasteiger partial charge in [-0.25, -0.2) is 13.6 Å². The normalized spacial score (nSPS) is 11.8. The molecule has 2 amide bonds. The van der Waals surface area contributed by atoms with E-state index in [0.29, 0.717) is 16.8 Å². The van der Waals surface area contributed by atoms with Crippen LogP contribution in [0.4, 0.5) is 19.3 Å². The highest BCUT2D eigenvalue weighted by atomic mass is 19.1. The molecular weight excluding hydrogens is 306 g/mol. The molecule has 0 aliphatic carbocycles. The zero-order valence-electron chi connectivity index (χ0n) is 12.1. The lowest BCUT2D eigenvalue weighted by Crippen LogP contribution is -2.36. The Morgan fingerprint density at radius 3 is 2.39 bits per heavy atom. The predicted molar refractivity (Wildman–Crippen MR) is 81.9 cm³/mol. The smallest absolute Gasteiger partial charge is 0.319 e. The second-order valence-electron chi connectivity index (χ2n) is 4.87. The van der Waals surface area contributed by atoms with Crippen molar-refractivity contribution in [1.82, 2.24) is 5.32 Å². The Kier molecular flexibility index (Phi) is 5.61. The SMILES string of the molecule is O=C(NCC(O)CO)Nc1ccc(F)cc1-c1ccc(F)cc1. The summed E-state index contributed by atoms with van der Waals surface area (Å²) in [5, 5.41) is 22.8. The zero-order valence-corrected chi connectivity index (χ0v) is 12.1. The minimum Gasteiger partial charge on any atom is -0.394 e. The van der Waals surface area contributed by atoms with Gasteiger partial charge >= 0.3 is 6.03 Å². The van der Waals surface area contributed by atoms with Crippen LogP contribution in [0.3, 0.4) is 0 Å². The largest absolute Gasteiger partial charge is 0.394 e. The van der Waals surface area contributed by atoms with E-state index in [4.69, 9.17) is 5.11 Å². The van der Waals surface area contributed by atoms with Crippen LogP contribution >= 0.6 is 0 Å². The molecule has 0 aromatic heterocycles.